The third kappa shape index (κ3) is 2.55. The number of aromatic nitrogens is 3. The van der Waals surface area contributed by atoms with E-state index in [4.69, 9.17) is 5.73 Å². The van der Waals surface area contributed by atoms with Crippen LogP contribution in [-0.4, -0.2) is 14.8 Å². The van der Waals surface area contributed by atoms with Crippen LogP contribution in [0.3, 0.4) is 0 Å². The first-order chi connectivity index (χ1) is 10.1. The van der Waals surface area contributed by atoms with E-state index in [0.717, 1.165) is 5.56 Å². The maximum absolute atomic E-state index is 13.9. The predicted octanol–water partition coefficient (Wildman–Crippen LogP) is 1.87. The van der Waals surface area contributed by atoms with Crippen molar-refractivity contribution in [2.24, 2.45) is 0 Å². The van der Waals surface area contributed by atoms with Gasteiger partial charge in [-0.25, -0.2) is 18.9 Å². The highest BCUT2D eigenvalue weighted by molar-refractivity contribution is 5.42. The lowest BCUT2D eigenvalue weighted by Gasteiger charge is -2.07. The first kappa shape index (κ1) is 13.1. The number of nitrogens with two attached hydrogens (primary N) is 1. The number of benzene rings is 2. The molecule has 106 valence electrons. The maximum atomic E-state index is 13.9. The molecule has 1 heterocycles. The van der Waals surface area contributed by atoms with Gasteiger partial charge in [-0.15, -0.1) is 0 Å². The highest BCUT2D eigenvalue weighted by atomic mass is 19.1. The average molecular weight is 284 g/mol. The molecule has 0 radical (unpaired) electrons. The van der Waals surface area contributed by atoms with Crippen molar-refractivity contribution in [1.29, 1.82) is 0 Å². The number of halogens is 1. The van der Waals surface area contributed by atoms with Crippen LogP contribution in [-0.2, 0) is 6.42 Å². The van der Waals surface area contributed by atoms with Gasteiger partial charge in [0.2, 0.25) is 0 Å². The van der Waals surface area contributed by atoms with Crippen molar-refractivity contribution in [2.75, 3.05) is 5.73 Å². The Labute approximate surface area is 119 Å². The molecular weight excluding hydrogens is 271 g/mol. The maximum Gasteiger partial charge on any atom is 0.348 e. The van der Waals surface area contributed by atoms with Crippen LogP contribution in [0, 0.1) is 5.82 Å². The molecule has 0 fully saturated rings. The molecule has 0 aliphatic rings. The molecule has 0 bridgehead atoms. The Morgan fingerprint density at radius 1 is 1.19 bits per heavy atom. The van der Waals surface area contributed by atoms with Gasteiger partial charge in [-0.1, -0.05) is 24.3 Å². The number of rotatable bonds is 3. The Morgan fingerprint density at radius 3 is 2.76 bits per heavy atom. The minimum absolute atomic E-state index is 0.176. The minimum atomic E-state index is -0.477. The van der Waals surface area contributed by atoms with Gasteiger partial charge < -0.3 is 5.73 Å². The first-order valence-corrected chi connectivity index (χ1v) is 6.41. The summed E-state index contributed by atoms with van der Waals surface area (Å²) in [5, 5.41) is 6.33. The molecular formula is C15H13FN4O. The van der Waals surface area contributed by atoms with Crippen LogP contribution < -0.4 is 11.4 Å². The Balaban J connectivity index is 2.06. The molecule has 2 aromatic carbocycles. The van der Waals surface area contributed by atoms with Crippen LogP contribution in [0.5, 0.6) is 0 Å². The number of nitrogens with one attached hydrogen (secondary N) is 1. The molecule has 3 aromatic rings. The third-order valence-electron chi connectivity index (χ3n) is 3.15. The fourth-order valence-corrected chi connectivity index (χ4v) is 2.22. The number of nitrogens with zero attached hydrogens (tertiary/aromatic N) is 2. The summed E-state index contributed by atoms with van der Waals surface area (Å²) in [6, 6.07) is 13.4. The number of aromatic amines is 1. The van der Waals surface area contributed by atoms with Gasteiger partial charge in [-0.3, -0.25) is 0 Å². The standard InChI is InChI=1S/C15H13FN4O/c16-12-6-1-2-7-13(12)20-14(18-19-15(20)21)9-10-4-3-5-11(17)8-10/h1-8H,9,17H2,(H,19,21). The average Bonchev–Trinajstić information content (AvgIpc) is 2.81. The van der Waals surface area contributed by atoms with Crippen molar-refractivity contribution in [2.45, 2.75) is 6.42 Å². The monoisotopic (exact) mass is 284 g/mol. The number of anilines is 1. The first-order valence-electron chi connectivity index (χ1n) is 6.41. The molecule has 1 aromatic heterocycles. The lowest BCUT2D eigenvalue weighted by molar-refractivity contribution is 0.614. The number of hydrogen-bond donors (Lipinski definition) is 2. The lowest BCUT2D eigenvalue weighted by atomic mass is 10.1. The summed E-state index contributed by atoms with van der Waals surface area (Å²) in [7, 11) is 0. The van der Waals surface area contributed by atoms with Crippen LogP contribution in [0.4, 0.5) is 10.1 Å². The second kappa shape index (κ2) is 5.24. The third-order valence-corrected chi connectivity index (χ3v) is 3.15. The molecule has 0 saturated carbocycles. The number of nitrogen functional groups attached to an aromatic ring is 1. The summed E-state index contributed by atoms with van der Waals surface area (Å²) < 4.78 is 15.1. The lowest BCUT2D eigenvalue weighted by Crippen LogP contribution is -2.18. The van der Waals surface area contributed by atoms with Gasteiger partial charge in [0.1, 0.15) is 11.6 Å². The smallest absolute Gasteiger partial charge is 0.348 e. The summed E-state index contributed by atoms with van der Waals surface area (Å²) in [4.78, 5) is 11.9. The fourth-order valence-electron chi connectivity index (χ4n) is 2.22. The van der Waals surface area contributed by atoms with Gasteiger partial charge in [-0.05, 0) is 29.8 Å². The normalized spacial score (nSPS) is 10.7. The number of hydrogen-bond acceptors (Lipinski definition) is 3. The van der Waals surface area contributed by atoms with E-state index in [-0.39, 0.29) is 5.69 Å². The molecule has 0 atom stereocenters. The van der Waals surface area contributed by atoms with E-state index in [1.54, 1.807) is 24.3 Å². The van der Waals surface area contributed by atoms with Crippen LogP contribution >= 0.6 is 0 Å². The van der Waals surface area contributed by atoms with E-state index in [2.05, 4.69) is 10.2 Å². The summed E-state index contributed by atoms with van der Waals surface area (Å²) in [5.41, 5.74) is 6.96. The van der Waals surface area contributed by atoms with Gasteiger partial charge >= 0.3 is 5.69 Å². The van der Waals surface area contributed by atoms with Crippen molar-refractivity contribution in [1.82, 2.24) is 14.8 Å². The predicted molar refractivity (Wildman–Crippen MR) is 77.8 cm³/mol. The molecule has 6 heteroatoms. The van der Waals surface area contributed by atoms with E-state index in [9.17, 15) is 9.18 Å². The highest BCUT2D eigenvalue weighted by Gasteiger charge is 2.14. The number of para-hydroxylation sites is 1. The molecule has 5 nitrogen and oxygen atoms in total. The van der Waals surface area contributed by atoms with E-state index >= 15 is 0 Å². The van der Waals surface area contributed by atoms with Gasteiger partial charge in [0.05, 0.1) is 5.69 Å². The molecule has 0 saturated heterocycles. The minimum Gasteiger partial charge on any atom is -0.399 e. The van der Waals surface area contributed by atoms with Crippen LogP contribution in [0.25, 0.3) is 5.69 Å². The summed E-state index contributed by atoms with van der Waals surface area (Å²) in [6.45, 7) is 0. The Bertz CT molecular complexity index is 837. The van der Waals surface area contributed by atoms with E-state index in [0.29, 0.717) is 17.9 Å². The highest BCUT2D eigenvalue weighted by Crippen LogP contribution is 2.15. The topological polar surface area (TPSA) is 76.7 Å². The largest absolute Gasteiger partial charge is 0.399 e. The summed E-state index contributed by atoms with van der Waals surface area (Å²) >= 11 is 0. The molecule has 0 aliphatic heterocycles. The molecule has 0 amide bonds. The van der Waals surface area contributed by atoms with Gasteiger partial charge in [0.25, 0.3) is 0 Å². The van der Waals surface area contributed by atoms with Gasteiger partial charge in [-0.2, -0.15) is 5.10 Å². The van der Waals surface area contributed by atoms with Crippen molar-refractivity contribution in [3.05, 3.63) is 76.2 Å². The second-order valence-corrected chi connectivity index (χ2v) is 4.65. The van der Waals surface area contributed by atoms with Gasteiger partial charge in [0, 0.05) is 12.1 Å². The van der Waals surface area contributed by atoms with Crippen LogP contribution in [0.2, 0.25) is 0 Å². The molecule has 3 rings (SSSR count). The van der Waals surface area contributed by atoms with Crippen molar-refractivity contribution in [3.8, 4) is 5.69 Å². The van der Waals surface area contributed by atoms with Crippen molar-refractivity contribution < 1.29 is 4.39 Å². The second-order valence-electron chi connectivity index (χ2n) is 4.65. The molecule has 3 N–H and O–H groups in total. The zero-order valence-corrected chi connectivity index (χ0v) is 11.1. The van der Waals surface area contributed by atoms with Gasteiger partial charge in [0.15, 0.2) is 0 Å². The Morgan fingerprint density at radius 2 is 2.00 bits per heavy atom. The number of H-pyrrole nitrogens is 1. The quantitative estimate of drug-likeness (QED) is 0.721. The molecule has 21 heavy (non-hydrogen) atoms. The zero-order valence-electron chi connectivity index (χ0n) is 11.1. The molecule has 0 unspecified atom stereocenters. The Hall–Kier alpha value is -2.89. The SMILES string of the molecule is Nc1cccc(Cc2n[nH]c(=O)n2-c2ccccc2F)c1. The molecule has 0 aliphatic carbocycles. The van der Waals surface area contributed by atoms with E-state index in [1.807, 2.05) is 12.1 Å². The van der Waals surface area contributed by atoms with Crippen LogP contribution in [0.15, 0.2) is 53.3 Å². The van der Waals surface area contributed by atoms with Crippen LogP contribution in [0.1, 0.15) is 11.4 Å². The van der Waals surface area contributed by atoms with E-state index < -0.39 is 11.5 Å². The molecule has 0 spiro atoms. The van der Waals surface area contributed by atoms with Crippen molar-refractivity contribution in [3.63, 3.8) is 0 Å². The van der Waals surface area contributed by atoms with Crippen molar-refractivity contribution >= 4 is 5.69 Å². The zero-order chi connectivity index (χ0) is 14.8. The summed E-state index contributed by atoms with van der Waals surface area (Å²) in [6.07, 6.45) is 0.373. The van der Waals surface area contributed by atoms with E-state index in [1.165, 1.54) is 16.7 Å². The Kier molecular flexibility index (Phi) is 3.27. The fraction of sp³-hybridized carbons (Fsp3) is 0.0667. The summed E-state index contributed by atoms with van der Waals surface area (Å²) in [5.74, 6) is -0.0504.